The van der Waals surface area contributed by atoms with Gasteiger partial charge in [0.1, 0.15) is 18.6 Å². The van der Waals surface area contributed by atoms with Gasteiger partial charge in [0.2, 0.25) is 0 Å². The summed E-state index contributed by atoms with van der Waals surface area (Å²) in [5.41, 5.74) is 9.40. The van der Waals surface area contributed by atoms with Gasteiger partial charge in [-0.25, -0.2) is 0 Å². The van der Waals surface area contributed by atoms with E-state index in [9.17, 15) is 9.90 Å². The van der Waals surface area contributed by atoms with Crippen LogP contribution in [0.1, 0.15) is 35.7 Å². The number of rotatable bonds is 9. The number of carbonyl (C=O) groups excluding carboxylic acids is 1. The largest absolute Gasteiger partial charge is 0.491 e. The van der Waals surface area contributed by atoms with Crippen molar-refractivity contribution >= 4 is 23.7 Å². The van der Waals surface area contributed by atoms with Gasteiger partial charge in [-0.2, -0.15) is 11.8 Å². The van der Waals surface area contributed by atoms with E-state index in [4.69, 9.17) is 10.5 Å². The highest BCUT2D eigenvalue weighted by atomic mass is 32.2. The number of aliphatic hydroxyl groups is 1. The first-order valence-electron chi connectivity index (χ1n) is 8.72. The van der Waals surface area contributed by atoms with Gasteiger partial charge < -0.3 is 15.6 Å². The highest BCUT2D eigenvalue weighted by molar-refractivity contribution is 7.98. The van der Waals surface area contributed by atoms with Gasteiger partial charge in [0, 0.05) is 22.9 Å². The third-order valence-corrected chi connectivity index (χ3v) is 5.20. The van der Waals surface area contributed by atoms with Gasteiger partial charge in [0.05, 0.1) is 5.60 Å². The molecular weight excluding hydrogens is 346 g/mol. The quantitative estimate of drug-likeness (QED) is 0.506. The second-order valence-electron chi connectivity index (χ2n) is 6.56. The number of hydrogen-bond donors (Lipinski definition) is 2. The van der Waals surface area contributed by atoms with E-state index in [-0.39, 0.29) is 6.61 Å². The molecule has 0 fully saturated rings. The monoisotopic (exact) mass is 373 g/mol. The molecule has 0 aromatic heterocycles. The molecule has 2 aromatic rings. The molecule has 140 valence electrons. The summed E-state index contributed by atoms with van der Waals surface area (Å²) >= 11 is 1.71. The van der Waals surface area contributed by atoms with E-state index in [0.717, 1.165) is 28.7 Å². The molecule has 1 atom stereocenters. The van der Waals surface area contributed by atoms with Gasteiger partial charge in [-0.05, 0) is 55.0 Å². The van der Waals surface area contributed by atoms with Crippen molar-refractivity contribution in [2.24, 2.45) is 0 Å². The summed E-state index contributed by atoms with van der Waals surface area (Å²) in [6.07, 6.45) is 4.18. The molecule has 0 heterocycles. The molecule has 1 unspecified atom stereocenters. The number of thioether (sulfide) groups is 1. The molecular formula is C21H27NO3S. The Bertz CT molecular complexity index is 740. The second-order valence-corrected chi connectivity index (χ2v) is 7.54. The zero-order chi connectivity index (χ0) is 19.2. The third kappa shape index (κ3) is 5.02. The summed E-state index contributed by atoms with van der Waals surface area (Å²) in [5.74, 6) is 1.53. The maximum absolute atomic E-state index is 11.0. The smallest absolute Gasteiger partial charge is 0.150 e. The summed E-state index contributed by atoms with van der Waals surface area (Å²) in [7, 11) is 0. The minimum atomic E-state index is -0.831. The molecule has 0 spiro atoms. The Hall–Kier alpha value is -1.98. The van der Waals surface area contributed by atoms with Crippen LogP contribution in [-0.4, -0.2) is 35.6 Å². The Kier molecular flexibility index (Phi) is 7.12. The number of aryl methyl sites for hydroxylation is 1. The molecule has 0 aliphatic carbocycles. The number of hydrogen-bond acceptors (Lipinski definition) is 5. The number of nitrogens with two attached hydrogens (primary N) is 1. The molecule has 0 aliphatic heterocycles. The van der Waals surface area contributed by atoms with E-state index in [1.165, 1.54) is 0 Å². The summed E-state index contributed by atoms with van der Waals surface area (Å²) in [6.45, 7) is 4.17. The molecule has 0 amide bonds. The van der Waals surface area contributed by atoms with Crippen molar-refractivity contribution in [1.82, 2.24) is 0 Å². The van der Waals surface area contributed by atoms with Crippen LogP contribution in [0.25, 0.3) is 11.1 Å². The molecule has 2 rings (SSSR count). The SMILES string of the molecule is CCC(O)(CCSC)COc1cc(C)c(-c2cccc(C=O)c2)c(N)c1. The predicted octanol–water partition coefficient (Wildman–Crippen LogP) is 4.33. The maximum atomic E-state index is 11.0. The van der Waals surface area contributed by atoms with Crippen molar-refractivity contribution in [3.63, 3.8) is 0 Å². The number of carbonyl (C=O) groups is 1. The van der Waals surface area contributed by atoms with E-state index in [1.807, 2.05) is 44.4 Å². The number of nitrogen functional groups attached to an aromatic ring is 1. The number of ether oxygens (including phenoxy) is 1. The predicted molar refractivity (Wildman–Crippen MR) is 110 cm³/mol. The Labute approximate surface area is 159 Å². The van der Waals surface area contributed by atoms with Crippen molar-refractivity contribution < 1.29 is 14.6 Å². The first-order chi connectivity index (χ1) is 12.4. The molecule has 0 bridgehead atoms. The van der Waals surface area contributed by atoms with Crippen LogP contribution in [0.5, 0.6) is 5.75 Å². The lowest BCUT2D eigenvalue weighted by atomic mass is 9.96. The van der Waals surface area contributed by atoms with E-state index >= 15 is 0 Å². The average Bonchev–Trinajstić information content (AvgIpc) is 2.64. The molecule has 0 saturated heterocycles. The lowest BCUT2D eigenvalue weighted by Gasteiger charge is -2.27. The lowest BCUT2D eigenvalue weighted by molar-refractivity contribution is -0.0103. The molecule has 3 N–H and O–H groups in total. The lowest BCUT2D eigenvalue weighted by Crippen LogP contribution is -2.36. The van der Waals surface area contributed by atoms with Crippen LogP contribution in [0.2, 0.25) is 0 Å². The minimum absolute atomic E-state index is 0.239. The molecule has 0 radical (unpaired) electrons. The van der Waals surface area contributed by atoms with Crippen LogP contribution in [0.3, 0.4) is 0 Å². The van der Waals surface area contributed by atoms with Crippen molar-refractivity contribution in [1.29, 1.82) is 0 Å². The van der Waals surface area contributed by atoms with E-state index in [0.29, 0.717) is 29.8 Å². The fourth-order valence-corrected chi connectivity index (χ4v) is 3.47. The minimum Gasteiger partial charge on any atom is -0.491 e. The Morgan fingerprint density at radius 2 is 2.08 bits per heavy atom. The Morgan fingerprint density at radius 3 is 2.69 bits per heavy atom. The van der Waals surface area contributed by atoms with Crippen molar-refractivity contribution in [3.8, 4) is 16.9 Å². The topological polar surface area (TPSA) is 72.5 Å². The zero-order valence-electron chi connectivity index (χ0n) is 15.6. The van der Waals surface area contributed by atoms with Crippen molar-refractivity contribution in [3.05, 3.63) is 47.5 Å². The number of benzene rings is 2. The number of aldehydes is 1. The van der Waals surface area contributed by atoms with Crippen LogP contribution in [0.15, 0.2) is 36.4 Å². The van der Waals surface area contributed by atoms with E-state index in [2.05, 4.69) is 0 Å². The van der Waals surface area contributed by atoms with Crippen LogP contribution >= 0.6 is 11.8 Å². The summed E-state index contributed by atoms with van der Waals surface area (Å²) in [5, 5.41) is 10.6. The normalized spacial score (nSPS) is 13.2. The van der Waals surface area contributed by atoms with Gasteiger partial charge in [-0.15, -0.1) is 0 Å². The van der Waals surface area contributed by atoms with Crippen LogP contribution in [0.4, 0.5) is 5.69 Å². The first kappa shape index (κ1) is 20.3. The van der Waals surface area contributed by atoms with Crippen molar-refractivity contribution in [2.75, 3.05) is 24.3 Å². The van der Waals surface area contributed by atoms with Gasteiger partial charge >= 0.3 is 0 Å². The second kappa shape index (κ2) is 9.10. The van der Waals surface area contributed by atoms with E-state index < -0.39 is 5.60 Å². The summed E-state index contributed by atoms with van der Waals surface area (Å²) < 4.78 is 5.86. The fourth-order valence-electron chi connectivity index (χ4n) is 2.89. The van der Waals surface area contributed by atoms with Crippen LogP contribution < -0.4 is 10.5 Å². The molecule has 2 aromatic carbocycles. The van der Waals surface area contributed by atoms with E-state index in [1.54, 1.807) is 23.9 Å². The third-order valence-electron chi connectivity index (χ3n) is 4.59. The Morgan fingerprint density at radius 1 is 1.31 bits per heavy atom. The first-order valence-corrected chi connectivity index (χ1v) is 10.1. The van der Waals surface area contributed by atoms with Gasteiger partial charge in [-0.1, -0.05) is 25.1 Å². The molecule has 0 aliphatic rings. The molecule has 0 saturated carbocycles. The molecule has 26 heavy (non-hydrogen) atoms. The summed E-state index contributed by atoms with van der Waals surface area (Å²) in [4.78, 5) is 11.0. The van der Waals surface area contributed by atoms with Crippen molar-refractivity contribution in [2.45, 2.75) is 32.3 Å². The van der Waals surface area contributed by atoms with Gasteiger partial charge in [0.15, 0.2) is 0 Å². The van der Waals surface area contributed by atoms with Crippen LogP contribution in [0, 0.1) is 6.92 Å². The Balaban J connectivity index is 2.22. The fraction of sp³-hybridized carbons (Fsp3) is 0.381. The van der Waals surface area contributed by atoms with Gasteiger partial charge in [0.25, 0.3) is 0 Å². The highest BCUT2D eigenvalue weighted by Crippen LogP contribution is 2.34. The summed E-state index contributed by atoms with van der Waals surface area (Å²) in [6, 6.07) is 11.1. The number of anilines is 1. The zero-order valence-corrected chi connectivity index (χ0v) is 16.4. The van der Waals surface area contributed by atoms with Gasteiger partial charge in [-0.3, -0.25) is 4.79 Å². The standard InChI is InChI=1S/C21H27NO3S/c1-4-21(24,8-9-26-3)14-25-18-10-15(2)20(19(22)12-18)17-7-5-6-16(11-17)13-23/h5-7,10-13,24H,4,8-9,14,22H2,1-3H3. The van der Waals surface area contributed by atoms with Crippen LogP contribution in [-0.2, 0) is 0 Å². The highest BCUT2D eigenvalue weighted by Gasteiger charge is 2.25. The maximum Gasteiger partial charge on any atom is 0.150 e. The molecule has 4 nitrogen and oxygen atoms in total. The molecule has 5 heteroatoms. The average molecular weight is 374 g/mol.